The monoisotopic (exact) mass is 648 g/mol. The van der Waals surface area contributed by atoms with Gasteiger partial charge in [0.2, 0.25) is 5.91 Å². The van der Waals surface area contributed by atoms with Crippen molar-refractivity contribution < 1.29 is 22.6 Å². The summed E-state index contributed by atoms with van der Waals surface area (Å²) >= 11 is 0. The third kappa shape index (κ3) is 9.61. The lowest BCUT2D eigenvalue weighted by molar-refractivity contribution is -0.117. The third-order valence-electron chi connectivity index (χ3n) is 8.02. The first kappa shape index (κ1) is 33.6. The summed E-state index contributed by atoms with van der Waals surface area (Å²) in [5.41, 5.74) is 8.81. The molecule has 0 saturated heterocycles. The van der Waals surface area contributed by atoms with Crippen molar-refractivity contribution in [1.82, 2.24) is 5.32 Å². The fourth-order valence-electron chi connectivity index (χ4n) is 5.43. The summed E-state index contributed by atoms with van der Waals surface area (Å²) in [4.78, 5) is 26.3. The summed E-state index contributed by atoms with van der Waals surface area (Å²) in [7, 11) is -4.17. The van der Waals surface area contributed by atoms with E-state index in [0.29, 0.717) is 17.7 Å². The molecule has 1 atom stereocenters. The van der Waals surface area contributed by atoms with Crippen LogP contribution in [0.1, 0.15) is 70.4 Å². The molecule has 242 valence electrons. The number of benzene rings is 4. The Morgan fingerprint density at radius 3 is 2.21 bits per heavy atom. The number of anilines is 1. The molecule has 0 aromatic heterocycles. The number of hydrogen-bond donors (Lipinski definition) is 3. The zero-order valence-electron chi connectivity index (χ0n) is 26.9. The number of fused-ring (bicyclic) bond motifs is 1. The predicted octanol–water partition coefficient (Wildman–Crippen LogP) is 7.43. The van der Waals surface area contributed by atoms with Gasteiger partial charge in [0.15, 0.2) is 0 Å². The second-order valence-corrected chi connectivity index (χ2v) is 14.5. The van der Waals surface area contributed by atoms with Crippen LogP contribution in [-0.4, -0.2) is 37.1 Å². The van der Waals surface area contributed by atoms with E-state index in [1.165, 1.54) is 16.7 Å². The molecule has 0 spiro atoms. The minimum atomic E-state index is -4.17. The van der Waals surface area contributed by atoms with E-state index < -0.39 is 27.7 Å². The van der Waals surface area contributed by atoms with Crippen LogP contribution in [-0.2, 0) is 27.8 Å². The zero-order valence-corrected chi connectivity index (χ0v) is 27.7. The maximum atomic E-state index is 13.9. The van der Waals surface area contributed by atoms with Gasteiger partial charge in [0.25, 0.3) is 16.0 Å². The Morgan fingerprint density at radius 2 is 1.57 bits per heavy atom. The zero-order chi connectivity index (χ0) is 33.6. The molecule has 2 amide bonds. The topological polar surface area (TPSA) is 113 Å². The minimum Gasteiger partial charge on any atom is -0.351 e. The molecule has 7 nitrogen and oxygen atoms in total. The van der Waals surface area contributed by atoms with Crippen LogP contribution >= 0.6 is 0 Å². The van der Waals surface area contributed by atoms with Crippen LogP contribution in [0.25, 0.3) is 17.7 Å². The van der Waals surface area contributed by atoms with E-state index in [1.54, 1.807) is 24.3 Å². The highest BCUT2D eigenvalue weighted by Crippen LogP contribution is 2.32. The molecule has 0 fully saturated rings. The van der Waals surface area contributed by atoms with E-state index in [-0.39, 0.29) is 17.9 Å². The van der Waals surface area contributed by atoms with Crippen LogP contribution < -0.4 is 10.6 Å². The van der Waals surface area contributed by atoms with Crippen LogP contribution in [0, 0.1) is 5.41 Å². The highest BCUT2D eigenvalue weighted by molar-refractivity contribution is 7.85. The molecule has 0 bridgehead atoms. The number of allylic oxidation sites excluding steroid dienone is 2. The van der Waals surface area contributed by atoms with Gasteiger partial charge in [-0.05, 0) is 81.5 Å². The smallest absolute Gasteiger partial charge is 0.266 e. The molecule has 4 aromatic rings. The van der Waals surface area contributed by atoms with Gasteiger partial charge in [-0.25, -0.2) is 0 Å². The van der Waals surface area contributed by atoms with Gasteiger partial charge in [-0.3, -0.25) is 14.1 Å². The number of rotatable bonds is 11. The second kappa shape index (κ2) is 14.3. The molecule has 1 aliphatic carbocycles. The number of carbonyl (C=O) groups is 2. The van der Waals surface area contributed by atoms with E-state index >= 15 is 0 Å². The molecule has 3 N–H and O–H groups in total. The van der Waals surface area contributed by atoms with Crippen molar-refractivity contribution in [3.63, 3.8) is 0 Å². The number of amides is 2. The predicted molar refractivity (Wildman–Crippen MR) is 190 cm³/mol. The number of nitrogens with one attached hydrogen (secondary N) is 2. The van der Waals surface area contributed by atoms with Gasteiger partial charge in [-0.15, -0.1) is 0 Å². The molecular weight excluding hydrogens is 609 g/mol. The summed E-state index contributed by atoms with van der Waals surface area (Å²) in [6.45, 7) is 6.23. The highest BCUT2D eigenvalue weighted by Gasteiger charge is 2.22. The van der Waals surface area contributed by atoms with E-state index in [2.05, 4.69) is 67.8 Å². The van der Waals surface area contributed by atoms with Gasteiger partial charge >= 0.3 is 0 Å². The van der Waals surface area contributed by atoms with Crippen LogP contribution in [0.3, 0.4) is 0 Å². The van der Waals surface area contributed by atoms with Gasteiger partial charge in [0, 0.05) is 17.8 Å². The maximum absolute atomic E-state index is 13.9. The van der Waals surface area contributed by atoms with Crippen molar-refractivity contribution in [2.24, 2.45) is 5.41 Å². The Labute approximate surface area is 277 Å². The van der Waals surface area contributed by atoms with Crippen LogP contribution in [0.2, 0.25) is 0 Å². The minimum absolute atomic E-state index is 0.0501. The molecular formula is C39H40N2O5S. The molecule has 1 aliphatic rings. The maximum Gasteiger partial charge on any atom is 0.266 e. The average molecular weight is 649 g/mol. The van der Waals surface area contributed by atoms with Gasteiger partial charge in [0.1, 0.15) is 0 Å². The molecule has 0 radical (unpaired) electrons. The average Bonchev–Trinajstić information content (AvgIpc) is 3.47. The Bertz CT molecular complexity index is 1900. The molecule has 1 unspecified atom stereocenters. The first-order valence-electron chi connectivity index (χ1n) is 15.6. The lowest BCUT2D eigenvalue weighted by atomic mass is 9.89. The van der Waals surface area contributed by atoms with Crippen molar-refractivity contribution >= 4 is 45.3 Å². The van der Waals surface area contributed by atoms with Gasteiger partial charge in [-0.1, -0.05) is 112 Å². The van der Waals surface area contributed by atoms with E-state index in [4.69, 9.17) is 4.55 Å². The summed E-state index contributed by atoms with van der Waals surface area (Å²) in [5, 5.41) is 5.60. The normalized spacial score (nSPS) is 13.6. The van der Waals surface area contributed by atoms with E-state index in [9.17, 15) is 18.0 Å². The summed E-state index contributed by atoms with van der Waals surface area (Å²) in [5.74, 6) is -1.66. The molecule has 0 saturated carbocycles. The lowest BCUT2D eigenvalue weighted by Crippen LogP contribution is -2.28. The summed E-state index contributed by atoms with van der Waals surface area (Å²) < 4.78 is 30.8. The van der Waals surface area contributed by atoms with Crippen molar-refractivity contribution in [3.8, 4) is 0 Å². The van der Waals surface area contributed by atoms with Crippen molar-refractivity contribution in [2.75, 3.05) is 17.6 Å². The first-order chi connectivity index (χ1) is 22.3. The molecule has 47 heavy (non-hydrogen) atoms. The summed E-state index contributed by atoms with van der Waals surface area (Å²) in [6, 6.07) is 31.2. The lowest BCUT2D eigenvalue weighted by Gasteiger charge is -2.19. The Morgan fingerprint density at radius 1 is 0.894 bits per heavy atom. The van der Waals surface area contributed by atoms with E-state index in [0.717, 1.165) is 28.7 Å². The van der Waals surface area contributed by atoms with Crippen molar-refractivity contribution in [2.45, 2.75) is 39.5 Å². The van der Waals surface area contributed by atoms with Crippen molar-refractivity contribution in [1.29, 1.82) is 0 Å². The largest absolute Gasteiger partial charge is 0.351 e. The molecule has 8 heteroatoms. The van der Waals surface area contributed by atoms with Crippen LogP contribution in [0.5, 0.6) is 0 Å². The molecule has 4 aromatic carbocycles. The second-order valence-electron chi connectivity index (χ2n) is 13.0. The van der Waals surface area contributed by atoms with Crippen LogP contribution in [0.15, 0.2) is 103 Å². The fraction of sp³-hybridized carbons (Fsp3) is 0.231. The van der Waals surface area contributed by atoms with Gasteiger partial charge in [-0.2, -0.15) is 8.42 Å². The quantitative estimate of drug-likeness (QED) is 0.147. The van der Waals surface area contributed by atoms with Crippen molar-refractivity contribution in [3.05, 3.63) is 142 Å². The Hall–Kier alpha value is -4.79. The standard InChI is InChI=1S/C39H40N2O5S/c1-39(2,3)21-20-27-8-12-30(13-9-27)36(24-28-10-14-31(15-11-28)37(42)40-22-23-47(44,45)46)38(43)41-35-18-16-29(17-19-35)34-25-32-6-4-5-7-33(32)26-34/h4-21,25,36H,22-24,26H2,1-3H3,(H,40,42)(H,41,43)(H,44,45,46)/b21-20+. The third-order valence-corrected chi connectivity index (χ3v) is 8.74. The molecule has 0 aliphatic heterocycles. The number of hydrogen-bond acceptors (Lipinski definition) is 4. The van der Waals surface area contributed by atoms with Gasteiger partial charge < -0.3 is 10.6 Å². The molecule has 0 heterocycles. The highest BCUT2D eigenvalue weighted by atomic mass is 32.2. The summed E-state index contributed by atoms with van der Waals surface area (Å²) in [6.07, 6.45) is 7.73. The first-order valence-corrected chi connectivity index (χ1v) is 17.3. The SMILES string of the molecule is CC(C)(C)/C=C/c1ccc(C(Cc2ccc(C(=O)NCCS(=O)(=O)O)cc2)C(=O)Nc2ccc(C3=Cc4ccccc4C3)cc2)cc1. The van der Waals surface area contributed by atoms with Crippen LogP contribution in [0.4, 0.5) is 5.69 Å². The Balaban J connectivity index is 1.32. The fourth-order valence-corrected chi connectivity index (χ4v) is 5.79. The van der Waals surface area contributed by atoms with E-state index in [1.807, 2.05) is 54.6 Å². The Kier molecular flexibility index (Phi) is 10.2. The number of carbonyl (C=O) groups excluding carboxylic acids is 2. The molecule has 5 rings (SSSR count). The van der Waals surface area contributed by atoms with Gasteiger partial charge in [0.05, 0.1) is 11.7 Å².